The van der Waals surface area contributed by atoms with Crippen LogP contribution < -0.4 is 0 Å². The van der Waals surface area contributed by atoms with Gasteiger partial charge in [0, 0.05) is 57.4 Å². The van der Waals surface area contributed by atoms with Gasteiger partial charge in [0.15, 0.2) is 0 Å². The molecule has 3 rings (SSSR count). The molecular weight excluding hydrogens is 266 g/mol. The molecule has 3 heterocycles. The maximum absolute atomic E-state index is 4.28. The van der Waals surface area contributed by atoms with Gasteiger partial charge in [-0.2, -0.15) is 0 Å². The van der Waals surface area contributed by atoms with E-state index in [2.05, 4.69) is 43.3 Å². The zero-order valence-electron chi connectivity index (χ0n) is 12.6. The number of H-pyrrole nitrogens is 1. The van der Waals surface area contributed by atoms with Crippen molar-refractivity contribution in [2.75, 3.05) is 33.2 Å². The van der Waals surface area contributed by atoms with Crippen LogP contribution in [0.3, 0.4) is 0 Å². The number of imidazole rings is 1. The number of aromatic nitrogens is 5. The standard InChI is InChI=1S/C14H23N7/c1-19-5-7-20(8-6-19)10-14-11-21(18-17-14)4-2-3-13-9-15-12-16-13/h9,11-12H,2-8,10H2,1H3,(H,15,16). The first-order valence-corrected chi connectivity index (χ1v) is 7.57. The van der Waals surface area contributed by atoms with Crippen LogP contribution in [0.2, 0.25) is 0 Å². The molecule has 0 aliphatic carbocycles. The van der Waals surface area contributed by atoms with Crippen LogP contribution in [0.25, 0.3) is 0 Å². The molecular formula is C14H23N7. The number of rotatable bonds is 6. The molecule has 7 heteroatoms. The second-order valence-corrected chi connectivity index (χ2v) is 5.73. The van der Waals surface area contributed by atoms with Gasteiger partial charge in [-0.15, -0.1) is 5.10 Å². The van der Waals surface area contributed by atoms with Crippen LogP contribution in [0.15, 0.2) is 18.7 Å². The topological polar surface area (TPSA) is 65.9 Å². The summed E-state index contributed by atoms with van der Waals surface area (Å²) in [6, 6.07) is 0. The first-order valence-electron chi connectivity index (χ1n) is 7.57. The molecule has 0 bridgehead atoms. The van der Waals surface area contributed by atoms with Crippen molar-refractivity contribution in [1.82, 2.24) is 34.8 Å². The third-order valence-electron chi connectivity index (χ3n) is 3.96. The van der Waals surface area contributed by atoms with E-state index in [1.807, 2.05) is 10.9 Å². The van der Waals surface area contributed by atoms with E-state index in [4.69, 9.17) is 0 Å². The number of aromatic amines is 1. The highest BCUT2D eigenvalue weighted by atomic mass is 15.4. The largest absolute Gasteiger partial charge is 0.348 e. The summed E-state index contributed by atoms with van der Waals surface area (Å²) in [5.74, 6) is 0. The second-order valence-electron chi connectivity index (χ2n) is 5.73. The maximum Gasteiger partial charge on any atom is 0.0967 e. The van der Waals surface area contributed by atoms with Crippen molar-refractivity contribution in [1.29, 1.82) is 0 Å². The van der Waals surface area contributed by atoms with E-state index in [0.29, 0.717) is 0 Å². The Morgan fingerprint density at radius 1 is 1.24 bits per heavy atom. The highest BCUT2D eigenvalue weighted by Crippen LogP contribution is 2.06. The third kappa shape index (κ3) is 4.12. The zero-order chi connectivity index (χ0) is 14.5. The molecule has 0 radical (unpaired) electrons. The Labute approximate surface area is 125 Å². The minimum Gasteiger partial charge on any atom is -0.348 e. The Hall–Kier alpha value is -1.73. The molecule has 2 aromatic heterocycles. The number of likely N-dealkylation sites (N-methyl/N-ethyl adjacent to an activating group) is 1. The average Bonchev–Trinajstić information content (AvgIpc) is 3.14. The summed E-state index contributed by atoms with van der Waals surface area (Å²) in [7, 11) is 2.17. The zero-order valence-corrected chi connectivity index (χ0v) is 12.6. The summed E-state index contributed by atoms with van der Waals surface area (Å²) >= 11 is 0. The van der Waals surface area contributed by atoms with Gasteiger partial charge in [-0.25, -0.2) is 4.98 Å². The van der Waals surface area contributed by atoms with Crippen molar-refractivity contribution in [3.05, 3.63) is 30.1 Å². The lowest BCUT2D eigenvalue weighted by atomic mass is 10.2. The monoisotopic (exact) mass is 289 g/mol. The molecule has 7 nitrogen and oxygen atoms in total. The van der Waals surface area contributed by atoms with Gasteiger partial charge in [-0.3, -0.25) is 9.58 Å². The molecule has 114 valence electrons. The van der Waals surface area contributed by atoms with Crippen LogP contribution in [-0.4, -0.2) is 68.0 Å². The molecule has 0 spiro atoms. The number of piperazine rings is 1. The van der Waals surface area contributed by atoms with Crippen molar-refractivity contribution >= 4 is 0 Å². The Morgan fingerprint density at radius 3 is 2.86 bits per heavy atom. The van der Waals surface area contributed by atoms with Crippen molar-refractivity contribution in [2.24, 2.45) is 0 Å². The molecule has 1 fully saturated rings. The minimum atomic E-state index is 0.898. The van der Waals surface area contributed by atoms with Gasteiger partial charge in [-0.05, 0) is 19.9 Å². The number of hydrogen-bond acceptors (Lipinski definition) is 5. The van der Waals surface area contributed by atoms with Crippen LogP contribution in [0.1, 0.15) is 17.8 Å². The summed E-state index contributed by atoms with van der Waals surface area (Å²) in [5.41, 5.74) is 2.24. The lowest BCUT2D eigenvalue weighted by Gasteiger charge is -2.31. The third-order valence-corrected chi connectivity index (χ3v) is 3.96. The molecule has 21 heavy (non-hydrogen) atoms. The lowest BCUT2D eigenvalue weighted by molar-refractivity contribution is 0.147. The van der Waals surface area contributed by atoms with E-state index in [1.54, 1.807) is 6.33 Å². The van der Waals surface area contributed by atoms with Crippen LogP contribution in [-0.2, 0) is 19.5 Å². The van der Waals surface area contributed by atoms with E-state index in [9.17, 15) is 0 Å². The predicted molar refractivity (Wildman–Crippen MR) is 79.7 cm³/mol. The number of nitrogens with zero attached hydrogens (tertiary/aromatic N) is 6. The van der Waals surface area contributed by atoms with E-state index >= 15 is 0 Å². The molecule has 1 aliphatic heterocycles. The Morgan fingerprint density at radius 2 is 2.10 bits per heavy atom. The molecule has 0 atom stereocenters. The van der Waals surface area contributed by atoms with Crippen LogP contribution >= 0.6 is 0 Å². The summed E-state index contributed by atoms with van der Waals surface area (Å²) in [4.78, 5) is 11.9. The van der Waals surface area contributed by atoms with Crippen molar-refractivity contribution in [3.63, 3.8) is 0 Å². The van der Waals surface area contributed by atoms with E-state index in [-0.39, 0.29) is 0 Å². The number of aryl methyl sites for hydroxylation is 2. The van der Waals surface area contributed by atoms with Gasteiger partial charge in [0.05, 0.1) is 12.0 Å². The Balaban J connectivity index is 1.43. The van der Waals surface area contributed by atoms with Crippen LogP contribution in [0.5, 0.6) is 0 Å². The normalized spacial score (nSPS) is 17.4. The first-order chi connectivity index (χ1) is 10.3. The quantitative estimate of drug-likeness (QED) is 0.833. The highest BCUT2D eigenvalue weighted by Gasteiger charge is 2.15. The van der Waals surface area contributed by atoms with Crippen LogP contribution in [0.4, 0.5) is 0 Å². The molecule has 1 N–H and O–H groups in total. The van der Waals surface area contributed by atoms with E-state index < -0.39 is 0 Å². The fourth-order valence-corrected chi connectivity index (χ4v) is 2.61. The number of hydrogen-bond donors (Lipinski definition) is 1. The summed E-state index contributed by atoms with van der Waals surface area (Å²) < 4.78 is 1.95. The van der Waals surface area contributed by atoms with Gasteiger partial charge in [0.1, 0.15) is 0 Å². The lowest BCUT2D eigenvalue weighted by Crippen LogP contribution is -2.43. The van der Waals surface area contributed by atoms with Gasteiger partial charge in [0.2, 0.25) is 0 Å². The second kappa shape index (κ2) is 6.82. The molecule has 1 aliphatic rings. The van der Waals surface area contributed by atoms with Gasteiger partial charge < -0.3 is 9.88 Å². The molecule has 0 unspecified atom stereocenters. The van der Waals surface area contributed by atoms with Gasteiger partial charge in [-0.1, -0.05) is 5.21 Å². The van der Waals surface area contributed by atoms with E-state index in [1.165, 1.54) is 5.69 Å². The van der Waals surface area contributed by atoms with E-state index in [0.717, 1.165) is 57.8 Å². The van der Waals surface area contributed by atoms with Crippen molar-refractivity contribution in [3.8, 4) is 0 Å². The summed E-state index contributed by atoms with van der Waals surface area (Å²) in [5, 5.41) is 8.50. The smallest absolute Gasteiger partial charge is 0.0967 e. The molecule has 2 aromatic rings. The van der Waals surface area contributed by atoms with Gasteiger partial charge >= 0.3 is 0 Å². The average molecular weight is 289 g/mol. The molecule has 1 saturated heterocycles. The van der Waals surface area contributed by atoms with Crippen molar-refractivity contribution in [2.45, 2.75) is 25.9 Å². The fourth-order valence-electron chi connectivity index (χ4n) is 2.61. The van der Waals surface area contributed by atoms with Crippen molar-refractivity contribution < 1.29 is 0 Å². The highest BCUT2D eigenvalue weighted by molar-refractivity contribution is 4.95. The Kier molecular flexibility index (Phi) is 4.62. The minimum absolute atomic E-state index is 0.898. The number of nitrogens with one attached hydrogen (secondary N) is 1. The first kappa shape index (κ1) is 14.2. The SMILES string of the molecule is CN1CCN(Cc2cn(CCCc3cnc[nH]3)nn2)CC1. The predicted octanol–water partition coefficient (Wildman–Crippen LogP) is 0.381. The Bertz CT molecular complexity index is 525. The molecule has 0 amide bonds. The molecule has 0 aromatic carbocycles. The van der Waals surface area contributed by atoms with Gasteiger partial charge in [0.25, 0.3) is 0 Å². The summed E-state index contributed by atoms with van der Waals surface area (Å²) in [6.07, 6.45) is 7.71. The summed E-state index contributed by atoms with van der Waals surface area (Å²) in [6.45, 7) is 6.31. The van der Waals surface area contributed by atoms with Crippen LogP contribution in [0, 0.1) is 0 Å². The molecule has 0 saturated carbocycles. The fraction of sp³-hybridized carbons (Fsp3) is 0.643. The maximum atomic E-state index is 4.28.